The molecule has 1 radical (unpaired) electrons. The topological polar surface area (TPSA) is 43.1 Å². The van der Waals surface area contributed by atoms with Gasteiger partial charge in [-0.05, 0) is 5.56 Å². The lowest BCUT2D eigenvalue weighted by Crippen LogP contribution is -2.08. The van der Waals surface area contributed by atoms with Crippen molar-refractivity contribution in [2.75, 3.05) is 0 Å². The van der Waals surface area contributed by atoms with E-state index in [1.54, 1.807) is 30.3 Å². The Bertz CT molecular complexity index is 539. The van der Waals surface area contributed by atoms with Crippen molar-refractivity contribution in [1.29, 1.82) is 0 Å². The van der Waals surface area contributed by atoms with Crippen molar-refractivity contribution in [1.82, 2.24) is 0 Å². The van der Waals surface area contributed by atoms with Crippen molar-refractivity contribution in [3.05, 3.63) is 71.0 Å². The largest absolute Gasteiger partial charge is 0.326 e. The number of hydrogen-bond acceptors (Lipinski definition) is 2. The Morgan fingerprint density at radius 2 is 1.83 bits per heavy atom. The molecule has 0 spiro atoms. The minimum Gasteiger partial charge on any atom is -0.326 e. The van der Waals surface area contributed by atoms with E-state index in [-0.39, 0.29) is 6.54 Å². The highest BCUT2D eigenvalue weighted by Crippen LogP contribution is 2.26. The fourth-order valence-electron chi connectivity index (χ4n) is 1.94. The molecule has 0 amide bonds. The van der Waals surface area contributed by atoms with E-state index in [4.69, 9.17) is 5.73 Å². The molecule has 1 atom stereocenters. The van der Waals surface area contributed by atoms with Gasteiger partial charge in [0, 0.05) is 17.7 Å². The van der Waals surface area contributed by atoms with Crippen LogP contribution in [-0.2, 0) is 11.3 Å². The predicted molar refractivity (Wildman–Crippen MR) is 68.3 cm³/mol. The fourth-order valence-corrected chi connectivity index (χ4v) is 1.94. The van der Waals surface area contributed by atoms with Gasteiger partial charge in [-0.15, -0.1) is 0 Å². The van der Waals surface area contributed by atoms with Gasteiger partial charge < -0.3 is 5.73 Å². The Morgan fingerprint density at radius 3 is 2.44 bits per heavy atom. The van der Waals surface area contributed by atoms with E-state index >= 15 is 0 Å². The van der Waals surface area contributed by atoms with Gasteiger partial charge in [0.1, 0.15) is 5.82 Å². The zero-order chi connectivity index (χ0) is 13.0. The number of carbonyl (C=O) groups excluding carboxylic acids is 1. The second-order valence-corrected chi connectivity index (χ2v) is 3.99. The zero-order valence-corrected chi connectivity index (χ0v) is 9.77. The molecule has 2 rings (SSSR count). The first kappa shape index (κ1) is 12.5. The van der Waals surface area contributed by atoms with E-state index in [0.29, 0.717) is 11.1 Å². The summed E-state index contributed by atoms with van der Waals surface area (Å²) >= 11 is 0. The lowest BCUT2D eigenvalue weighted by Gasteiger charge is -2.13. The molecule has 2 N–H and O–H groups in total. The highest BCUT2D eigenvalue weighted by Gasteiger charge is 2.19. The summed E-state index contributed by atoms with van der Waals surface area (Å²) in [6.07, 6.45) is 1.90. The first-order valence-electron chi connectivity index (χ1n) is 5.68. The molecule has 0 aromatic heterocycles. The Kier molecular flexibility index (Phi) is 3.85. The summed E-state index contributed by atoms with van der Waals surface area (Å²) in [7, 11) is 0. The average Bonchev–Trinajstić information content (AvgIpc) is 2.43. The fraction of sp³-hybridized carbons (Fsp3) is 0.133. The van der Waals surface area contributed by atoms with Gasteiger partial charge in [0.2, 0.25) is 6.29 Å². The molecule has 0 heterocycles. The highest BCUT2D eigenvalue weighted by molar-refractivity contribution is 5.69. The van der Waals surface area contributed by atoms with Gasteiger partial charge in [-0.25, -0.2) is 4.39 Å². The van der Waals surface area contributed by atoms with Crippen molar-refractivity contribution < 1.29 is 9.18 Å². The highest BCUT2D eigenvalue weighted by atomic mass is 19.1. The SMILES string of the molecule is NCc1cccc(C([C]=O)c2ccccc2)c1F. The Morgan fingerprint density at radius 1 is 1.11 bits per heavy atom. The molecule has 2 aromatic rings. The molecule has 3 heteroatoms. The second-order valence-electron chi connectivity index (χ2n) is 3.99. The molecule has 2 nitrogen and oxygen atoms in total. The van der Waals surface area contributed by atoms with E-state index in [2.05, 4.69) is 0 Å². The molecule has 0 fully saturated rings. The normalized spacial score (nSPS) is 12.1. The van der Waals surface area contributed by atoms with Crippen molar-refractivity contribution in [3.63, 3.8) is 0 Å². The van der Waals surface area contributed by atoms with Crippen molar-refractivity contribution in [3.8, 4) is 0 Å². The molecule has 0 saturated heterocycles. The summed E-state index contributed by atoms with van der Waals surface area (Å²) < 4.78 is 14.1. The molecule has 18 heavy (non-hydrogen) atoms. The van der Waals surface area contributed by atoms with Crippen LogP contribution in [0.25, 0.3) is 0 Å². The average molecular weight is 242 g/mol. The third-order valence-corrected chi connectivity index (χ3v) is 2.89. The van der Waals surface area contributed by atoms with Crippen LogP contribution in [0.3, 0.4) is 0 Å². The molecule has 0 aliphatic heterocycles. The first-order valence-corrected chi connectivity index (χ1v) is 5.68. The summed E-state index contributed by atoms with van der Waals surface area (Å²) in [5, 5.41) is 0. The van der Waals surface area contributed by atoms with Gasteiger partial charge in [-0.2, -0.15) is 0 Å². The van der Waals surface area contributed by atoms with Gasteiger partial charge in [0.15, 0.2) is 0 Å². The monoisotopic (exact) mass is 242 g/mol. The van der Waals surface area contributed by atoms with Crippen LogP contribution in [0.1, 0.15) is 22.6 Å². The molecule has 1 unspecified atom stereocenters. The van der Waals surface area contributed by atoms with Gasteiger partial charge in [0.25, 0.3) is 0 Å². The summed E-state index contributed by atoms with van der Waals surface area (Å²) in [5.74, 6) is -1.13. The molecule has 0 bridgehead atoms. The summed E-state index contributed by atoms with van der Waals surface area (Å²) in [6, 6.07) is 13.9. The van der Waals surface area contributed by atoms with Gasteiger partial charge in [-0.1, -0.05) is 48.5 Å². The van der Waals surface area contributed by atoms with Crippen LogP contribution in [0.4, 0.5) is 4.39 Å². The quantitative estimate of drug-likeness (QED) is 0.895. The first-order chi connectivity index (χ1) is 8.77. The summed E-state index contributed by atoms with van der Waals surface area (Å²) in [6.45, 7) is 0.111. The standard InChI is InChI=1S/C15H13FNO/c16-15-12(9-17)7-4-8-13(15)14(10-18)11-5-2-1-3-6-11/h1-8,14H,9,17H2. The minimum absolute atomic E-state index is 0.111. The number of benzene rings is 2. The van der Waals surface area contributed by atoms with E-state index in [1.165, 1.54) is 0 Å². The maximum absolute atomic E-state index is 14.1. The molecule has 0 aliphatic carbocycles. The van der Waals surface area contributed by atoms with E-state index < -0.39 is 11.7 Å². The Hall–Kier alpha value is -2.00. The molecule has 2 aromatic carbocycles. The minimum atomic E-state index is -0.710. The number of rotatable bonds is 4. The van der Waals surface area contributed by atoms with Crippen LogP contribution in [0, 0.1) is 5.82 Å². The van der Waals surface area contributed by atoms with Crippen molar-refractivity contribution in [2.24, 2.45) is 5.73 Å². The van der Waals surface area contributed by atoms with Crippen LogP contribution in [0.15, 0.2) is 48.5 Å². The van der Waals surface area contributed by atoms with E-state index in [0.717, 1.165) is 5.56 Å². The predicted octanol–water partition coefficient (Wildman–Crippen LogP) is 2.53. The third kappa shape index (κ3) is 2.31. The lowest BCUT2D eigenvalue weighted by atomic mass is 9.91. The van der Waals surface area contributed by atoms with Gasteiger partial charge in [0.05, 0.1) is 5.92 Å². The van der Waals surface area contributed by atoms with Crippen molar-refractivity contribution in [2.45, 2.75) is 12.5 Å². The second kappa shape index (κ2) is 5.56. The number of halogens is 1. The van der Waals surface area contributed by atoms with Crippen LogP contribution in [-0.4, -0.2) is 6.29 Å². The van der Waals surface area contributed by atoms with E-state index in [9.17, 15) is 9.18 Å². The maximum Gasteiger partial charge on any atom is 0.211 e. The lowest BCUT2D eigenvalue weighted by molar-refractivity contribution is 0.542. The smallest absolute Gasteiger partial charge is 0.211 e. The van der Waals surface area contributed by atoms with Crippen LogP contribution >= 0.6 is 0 Å². The molecular weight excluding hydrogens is 229 g/mol. The molecule has 0 aliphatic rings. The molecule has 0 saturated carbocycles. The third-order valence-electron chi connectivity index (χ3n) is 2.89. The van der Waals surface area contributed by atoms with Crippen LogP contribution in [0.2, 0.25) is 0 Å². The van der Waals surface area contributed by atoms with Gasteiger partial charge in [-0.3, -0.25) is 4.79 Å². The van der Waals surface area contributed by atoms with Gasteiger partial charge >= 0.3 is 0 Å². The number of hydrogen-bond donors (Lipinski definition) is 1. The Balaban J connectivity index is 2.49. The Labute approximate surface area is 105 Å². The summed E-state index contributed by atoms with van der Waals surface area (Å²) in [4.78, 5) is 11.1. The number of nitrogens with two attached hydrogens (primary N) is 1. The van der Waals surface area contributed by atoms with Crippen molar-refractivity contribution >= 4 is 6.29 Å². The zero-order valence-electron chi connectivity index (χ0n) is 9.77. The van der Waals surface area contributed by atoms with E-state index in [1.807, 2.05) is 24.5 Å². The summed E-state index contributed by atoms with van der Waals surface area (Å²) in [5.41, 5.74) is 6.91. The molecular formula is C15H13FNO. The van der Waals surface area contributed by atoms with Crippen LogP contribution < -0.4 is 5.73 Å². The van der Waals surface area contributed by atoms with Crippen LogP contribution in [0.5, 0.6) is 0 Å². The maximum atomic E-state index is 14.1. The molecule has 91 valence electrons.